The summed E-state index contributed by atoms with van der Waals surface area (Å²) in [5, 5.41) is 1.09. The molecule has 0 aromatic carbocycles. The fourth-order valence-electron chi connectivity index (χ4n) is 0.641. The van der Waals surface area contributed by atoms with E-state index in [0.29, 0.717) is 19.7 Å². The summed E-state index contributed by atoms with van der Waals surface area (Å²) in [6.07, 6.45) is 0. The van der Waals surface area contributed by atoms with E-state index in [9.17, 15) is 0 Å². The Kier molecular flexibility index (Phi) is 2.81. The minimum atomic E-state index is 0.303. The standard InChI is InChI=1S/C6H4Cl3NS/c1-2-3(7)5(11)4(8)6(9)10-2/h1H3,(H,10,11). The Bertz CT molecular complexity index is 315. The van der Waals surface area contributed by atoms with Crippen molar-refractivity contribution in [3.63, 3.8) is 0 Å². The maximum absolute atomic E-state index is 5.78. The lowest BCUT2D eigenvalue weighted by Crippen LogP contribution is -1.85. The largest absolute Gasteiger partial charge is 0.347 e. The van der Waals surface area contributed by atoms with Crippen molar-refractivity contribution < 1.29 is 0 Å². The molecule has 1 nitrogen and oxygen atoms in total. The monoisotopic (exact) mass is 227 g/mol. The number of aromatic amines is 1. The lowest BCUT2D eigenvalue weighted by atomic mass is 10.4. The smallest absolute Gasteiger partial charge is 0.126 e. The van der Waals surface area contributed by atoms with Gasteiger partial charge in [-0.15, -0.1) is 0 Å². The van der Waals surface area contributed by atoms with Gasteiger partial charge in [0, 0.05) is 5.69 Å². The van der Waals surface area contributed by atoms with Gasteiger partial charge in [0.2, 0.25) is 0 Å². The van der Waals surface area contributed by atoms with Gasteiger partial charge >= 0.3 is 0 Å². The Morgan fingerprint density at radius 2 is 1.73 bits per heavy atom. The van der Waals surface area contributed by atoms with Crippen LogP contribution >= 0.6 is 47.0 Å². The van der Waals surface area contributed by atoms with Crippen molar-refractivity contribution in [1.29, 1.82) is 0 Å². The number of pyridine rings is 1. The molecular formula is C6H4Cl3NS. The predicted molar refractivity (Wildman–Crippen MR) is 51.4 cm³/mol. The molecule has 1 N–H and O–H groups in total. The first-order chi connectivity index (χ1) is 5.04. The summed E-state index contributed by atoms with van der Waals surface area (Å²) in [5.41, 5.74) is 0.728. The van der Waals surface area contributed by atoms with E-state index < -0.39 is 0 Å². The van der Waals surface area contributed by atoms with E-state index in [1.807, 2.05) is 0 Å². The summed E-state index contributed by atoms with van der Waals surface area (Å²) in [6, 6.07) is 0. The van der Waals surface area contributed by atoms with Crippen molar-refractivity contribution in [2.75, 3.05) is 0 Å². The van der Waals surface area contributed by atoms with E-state index in [4.69, 9.17) is 47.0 Å². The third-order valence-electron chi connectivity index (χ3n) is 1.22. The molecule has 0 aliphatic carbocycles. The molecule has 1 aromatic rings. The summed E-state index contributed by atoms with van der Waals surface area (Å²) in [7, 11) is 0. The average Bonchev–Trinajstić information content (AvgIpc) is 1.97. The molecule has 0 amide bonds. The predicted octanol–water partition coefficient (Wildman–Crippen LogP) is 4.01. The van der Waals surface area contributed by atoms with E-state index in [0.717, 1.165) is 5.69 Å². The topological polar surface area (TPSA) is 15.8 Å². The van der Waals surface area contributed by atoms with Gasteiger partial charge in [-0.1, -0.05) is 47.0 Å². The van der Waals surface area contributed by atoms with Crippen molar-refractivity contribution in [2.24, 2.45) is 0 Å². The van der Waals surface area contributed by atoms with Gasteiger partial charge in [0.15, 0.2) is 0 Å². The minimum Gasteiger partial charge on any atom is -0.347 e. The minimum absolute atomic E-state index is 0.303. The second-order valence-corrected chi connectivity index (χ2v) is 3.56. The normalized spacial score (nSPS) is 10.2. The number of H-pyrrole nitrogens is 1. The third-order valence-corrected chi connectivity index (χ3v) is 3.08. The van der Waals surface area contributed by atoms with E-state index in [-0.39, 0.29) is 0 Å². The fraction of sp³-hybridized carbons (Fsp3) is 0.167. The van der Waals surface area contributed by atoms with Crippen LogP contribution in [0, 0.1) is 11.4 Å². The van der Waals surface area contributed by atoms with E-state index in [2.05, 4.69) is 4.98 Å². The summed E-state index contributed by atoms with van der Waals surface area (Å²) in [4.78, 5) is 2.78. The first kappa shape index (κ1) is 9.33. The third kappa shape index (κ3) is 1.70. The molecule has 1 rings (SSSR count). The Morgan fingerprint density at radius 3 is 2.27 bits per heavy atom. The van der Waals surface area contributed by atoms with Gasteiger partial charge in [-0.3, -0.25) is 0 Å². The number of rotatable bonds is 0. The molecule has 0 unspecified atom stereocenters. The molecule has 5 heteroatoms. The molecule has 0 aliphatic rings. The van der Waals surface area contributed by atoms with Crippen molar-refractivity contribution in [3.8, 4) is 0 Å². The van der Waals surface area contributed by atoms with Crippen LogP contribution in [0.2, 0.25) is 15.2 Å². The highest BCUT2D eigenvalue weighted by Gasteiger charge is 2.05. The number of halogens is 3. The molecule has 0 saturated carbocycles. The SMILES string of the molecule is Cc1[nH]c(Cl)c(Cl)c(=S)c1Cl. The van der Waals surface area contributed by atoms with Crippen LogP contribution in [0.1, 0.15) is 5.69 Å². The molecule has 0 saturated heterocycles. The van der Waals surface area contributed by atoms with Gasteiger partial charge in [0.05, 0.1) is 14.6 Å². The summed E-state index contributed by atoms with van der Waals surface area (Å²) in [5.74, 6) is 0. The Labute approximate surface area is 84.3 Å². The summed E-state index contributed by atoms with van der Waals surface area (Å²) >= 11 is 22.1. The maximum Gasteiger partial charge on any atom is 0.126 e. The Balaban J connectivity index is 3.59. The molecular weight excluding hydrogens is 224 g/mol. The number of hydrogen-bond donors (Lipinski definition) is 1. The average molecular weight is 229 g/mol. The van der Waals surface area contributed by atoms with Crippen LogP contribution in [0.4, 0.5) is 0 Å². The zero-order valence-electron chi connectivity index (χ0n) is 5.54. The van der Waals surface area contributed by atoms with Crippen LogP contribution < -0.4 is 0 Å². The van der Waals surface area contributed by atoms with Gasteiger partial charge in [-0.2, -0.15) is 0 Å². The highest BCUT2D eigenvalue weighted by atomic mass is 35.5. The van der Waals surface area contributed by atoms with Crippen molar-refractivity contribution in [3.05, 3.63) is 25.4 Å². The van der Waals surface area contributed by atoms with Crippen molar-refractivity contribution >= 4 is 47.0 Å². The molecule has 0 radical (unpaired) electrons. The molecule has 0 aliphatic heterocycles. The number of hydrogen-bond acceptors (Lipinski definition) is 1. The van der Waals surface area contributed by atoms with Crippen LogP contribution in [0.5, 0.6) is 0 Å². The zero-order chi connectivity index (χ0) is 8.59. The van der Waals surface area contributed by atoms with Crippen LogP contribution in [-0.4, -0.2) is 4.98 Å². The Morgan fingerprint density at radius 1 is 1.18 bits per heavy atom. The number of aryl methyl sites for hydroxylation is 1. The van der Waals surface area contributed by atoms with E-state index in [1.54, 1.807) is 6.92 Å². The van der Waals surface area contributed by atoms with Gasteiger partial charge in [-0.05, 0) is 6.92 Å². The second-order valence-electron chi connectivity index (χ2n) is 2.02. The van der Waals surface area contributed by atoms with Gasteiger partial charge in [0.25, 0.3) is 0 Å². The first-order valence-electron chi connectivity index (χ1n) is 2.77. The molecule has 0 bridgehead atoms. The molecule has 11 heavy (non-hydrogen) atoms. The highest BCUT2D eigenvalue weighted by molar-refractivity contribution is 7.71. The summed E-state index contributed by atoms with van der Waals surface area (Å²) < 4.78 is 0.398. The van der Waals surface area contributed by atoms with Crippen LogP contribution in [0.15, 0.2) is 0 Å². The number of nitrogens with one attached hydrogen (secondary N) is 1. The van der Waals surface area contributed by atoms with Crippen LogP contribution in [0.3, 0.4) is 0 Å². The second kappa shape index (κ2) is 3.31. The zero-order valence-corrected chi connectivity index (χ0v) is 8.63. The maximum atomic E-state index is 5.78. The molecule has 0 atom stereocenters. The molecule has 0 fully saturated rings. The number of aromatic nitrogens is 1. The van der Waals surface area contributed by atoms with Crippen molar-refractivity contribution in [1.82, 2.24) is 4.98 Å². The first-order valence-corrected chi connectivity index (χ1v) is 4.31. The quantitative estimate of drug-likeness (QED) is 0.524. The van der Waals surface area contributed by atoms with Gasteiger partial charge in [0.1, 0.15) is 5.15 Å². The van der Waals surface area contributed by atoms with Gasteiger partial charge in [-0.25, -0.2) is 0 Å². The molecule has 60 valence electrons. The van der Waals surface area contributed by atoms with Gasteiger partial charge < -0.3 is 4.98 Å². The molecule has 1 heterocycles. The highest BCUT2D eigenvalue weighted by Crippen LogP contribution is 2.27. The Hall–Kier alpha value is 0.240. The van der Waals surface area contributed by atoms with E-state index >= 15 is 0 Å². The molecule has 1 aromatic heterocycles. The lowest BCUT2D eigenvalue weighted by Gasteiger charge is -2.01. The lowest BCUT2D eigenvalue weighted by molar-refractivity contribution is 1.20. The van der Waals surface area contributed by atoms with Crippen molar-refractivity contribution in [2.45, 2.75) is 6.92 Å². The fourth-order valence-corrected chi connectivity index (χ4v) is 1.52. The van der Waals surface area contributed by atoms with Crippen LogP contribution in [0.25, 0.3) is 0 Å². The molecule has 0 spiro atoms. The summed E-state index contributed by atoms with van der Waals surface area (Å²) in [6.45, 7) is 1.78. The van der Waals surface area contributed by atoms with Crippen LogP contribution in [-0.2, 0) is 0 Å². The van der Waals surface area contributed by atoms with E-state index in [1.165, 1.54) is 0 Å².